The Morgan fingerprint density at radius 3 is 2.27 bits per heavy atom. The zero-order valence-electron chi connectivity index (χ0n) is 9.54. The maximum absolute atomic E-state index is 11.8. The van der Waals surface area contributed by atoms with Crippen LogP contribution in [0.1, 0.15) is 45.4 Å². The monoisotopic (exact) mass is 234 g/mol. The Morgan fingerprint density at radius 2 is 1.73 bits per heavy atom. The quantitative estimate of drug-likeness (QED) is 0.733. The first-order valence-electron chi connectivity index (χ1n) is 5.91. The highest BCUT2D eigenvalue weighted by Crippen LogP contribution is 2.12. The summed E-state index contributed by atoms with van der Waals surface area (Å²) in [5.41, 5.74) is 0. The van der Waals surface area contributed by atoms with Gasteiger partial charge in [-0.05, 0) is 19.3 Å². The van der Waals surface area contributed by atoms with Crippen molar-refractivity contribution in [3.05, 3.63) is 0 Å². The SMILES string of the molecule is CCCCNS(=O)(=O)N1CCCCCC1. The van der Waals surface area contributed by atoms with Gasteiger partial charge in [0.25, 0.3) is 10.2 Å². The minimum absolute atomic E-state index is 0.565. The van der Waals surface area contributed by atoms with Crippen molar-refractivity contribution in [2.24, 2.45) is 0 Å². The molecule has 0 spiro atoms. The van der Waals surface area contributed by atoms with Gasteiger partial charge in [0.05, 0.1) is 0 Å². The van der Waals surface area contributed by atoms with Crippen LogP contribution in [-0.2, 0) is 10.2 Å². The largest absolute Gasteiger partial charge is 0.279 e. The van der Waals surface area contributed by atoms with Gasteiger partial charge in [-0.1, -0.05) is 26.2 Å². The molecule has 1 aliphatic rings. The fourth-order valence-corrected chi connectivity index (χ4v) is 3.08. The highest BCUT2D eigenvalue weighted by Gasteiger charge is 2.21. The summed E-state index contributed by atoms with van der Waals surface area (Å²) >= 11 is 0. The van der Waals surface area contributed by atoms with E-state index in [0.717, 1.165) is 38.5 Å². The number of nitrogens with zero attached hydrogens (tertiary/aromatic N) is 1. The lowest BCUT2D eigenvalue weighted by Gasteiger charge is -2.20. The summed E-state index contributed by atoms with van der Waals surface area (Å²) in [6.07, 6.45) is 6.22. The molecule has 0 saturated carbocycles. The first-order chi connectivity index (χ1) is 7.17. The second-order valence-electron chi connectivity index (χ2n) is 4.07. The molecule has 0 aromatic rings. The Kier molecular flexibility index (Phi) is 5.56. The molecule has 1 fully saturated rings. The molecule has 0 bridgehead atoms. The molecule has 1 N–H and O–H groups in total. The van der Waals surface area contributed by atoms with Gasteiger partial charge in [-0.25, -0.2) is 4.72 Å². The molecule has 0 unspecified atom stereocenters. The van der Waals surface area contributed by atoms with E-state index >= 15 is 0 Å². The number of hydrogen-bond acceptors (Lipinski definition) is 2. The van der Waals surface area contributed by atoms with Gasteiger partial charge in [0.15, 0.2) is 0 Å². The van der Waals surface area contributed by atoms with Gasteiger partial charge in [-0.2, -0.15) is 12.7 Å². The van der Waals surface area contributed by atoms with Crippen LogP contribution in [0.4, 0.5) is 0 Å². The Morgan fingerprint density at radius 1 is 1.13 bits per heavy atom. The molecule has 1 aliphatic heterocycles. The molecule has 1 rings (SSSR count). The van der Waals surface area contributed by atoms with E-state index in [-0.39, 0.29) is 0 Å². The van der Waals surface area contributed by atoms with Gasteiger partial charge in [0, 0.05) is 19.6 Å². The minimum Gasteiger partial charge on any atom is -0.202 e. The highest BCUT2D eigenvalue weighted by molar-refractivity contribution is 7.87. The molecule has 4 nitrogen and oxygen atoms in total. The first-order valence-corrected chi connectivity index (χ1v) is 7.35. The van der Waals surface area contributed by atoms with Crippen LogP contribution in [0.5, 0.6) is 0 Å². The van der Waals surface area contributed by atoms with Gasteiger partial charge < -0.3 is 0 Å². The molecular weight excluding hydrogens is 212 g/mol. The third kappa shape index (κ3) is 4.49. The predicted molar refractivity (Wildman–Crippen MR) is 61.9 cm³/mol. The molecule has 0 aromatic heterocycles. The highest BCUT2D eigenvalue weighted by atomic mass is 32.2. The van der Waals surface area contributed by atoms with E-state index in [2.05, 4.69) is 11.6 Å². The van der Waals surface area contributed by atoms with Crippen molar-refractivity contribution in [1.82, 2.24) is 9.03 Å². The summed E-state index contributed by atoms with van der Waals surface area (Å²) in [5.74, 6) is 0. The van der Waals surface area contributed by atoms with Crippen molar-refractivity contribution in [3.63, 3.8) is 0 Å². The summed E-state index contributed by atoms with van der Waals surface area (Å²) < 4.78 is 27.9. The smallest absolute Gasteiger partial charge is 0.202 e. The standard InChI is InChI=1S/C10H22N2O2S/c1-2-3-8-11-15(13,14)12-9-6-4-5-7-10-12/h11H,2-10H2,1H3. The third-order valence-electron chi connectivity index (χ3n) is 2.72. The zero-order chi connectivity index (χ0) is 11.1. The minimum atomic E-state index is -3.20. The predicted octanol–water partition coefficient (Wildman–Crippen LogP) is 1.50. The second kappa shape index (κ2) is 6.45. The van der Waals surface area contributed by atoms with E-state index in [4.69, 9.17) is 0 Å². The molecule has 0 atom stereocenters. The normalized spacial score (nSPS) is 20.1. The number of hydrogen-bond donors (Lipinski definition) is 1. The summed E-state index contributed by atoms with van der Waals surface area (Å²) in [4.78, 5) is 0. The second-order valence-corrected chi connectivity index (χ2v) is 5.82. The van der Waals surface area contributed by atoms with Crippen LogP contribution in [0, 0.1) is 0 Å². The molecular formula is C10H22N2O2S. The summed E-state index contributed by atoms with van der Waals surface area (Å²) in [6, 6.07) is 0. The van der Waals surface area contributed by atoms with Crippen molar-refractivity contribution in [2.75, 3.05) is 19.6 Å². The Labute approximate surface area is 93.2 Å². The summed E-state index contributed by atoms with van der Waals surface area (Å²) in [6.45, 7) is 3.98. The lowest BCUT2D eigenvalue weighted by atomic mass is 10.2. The lowest BCUT2D eigenvalue weighted by Crippen LogP contribution is -2.41. The Hall–Kier alpha value is -0.130. The number of rotatable bonds is 5. The Balaban J connectivity index is 2.43. The van der Waals surface area contributed by atoms with Crippen LogP contribution in [0.25, 0.3) is 0 Å². The molecule has 0 aromatic carbocycles. The molecule has 15 heavy (non-hydrogen) atoms. The van der Waals surface area contributed by atoms with E-state index in [1.165, 1.54) is 0 Å². The fraction of sp³-hybridized carbons (Fsp3) is 1.00. The van der Waals surface area contributed by atoms with Gasteiger partial charge in [-0.15, -0.1) is 0 Å². The van der Waals surface area contributed by atoms with Crippen molar-refractivity contribution in [1.29, 1.82) is 0 Å². The van der Waals surface area contributed by atoms with Crippen LogP contribution >= 0.6 is 0 Å². The number of nitrogens with one attached hydrogen (secondary N) is 1. The van der Waals surface area contributed by atoms with Gasteiger partial charge >= 0.3 is 0 Å². The molecule has 0 amide bonds. The molecule has 90 valence electrons. The molecule has 1 heterocycles. The molecule has 1 saturated heterocycles. The van der Waals surface area contributed by atoms with Crippen LogP contribution in [0.15, 0.2) is 0 Å². The first kappa shape index (κ1) is 12.9. The van der Waals surface area contributed by atoms with E-state index in [1.807, 2.05) is 0 Å². The summed E-state index contributed by atoms with van der Waals surface area (Å²) in [7, 11) is -3.20. The molecule has 0 aliphatic carbocycles. The van der Waals surface area contributed by atoms with Crippen LogP contribution in [0.2, 0.25) is 0 Å². The number of unbranched alkanes of at least 4 members (excludes halogenated alkanes) is 1. The molecule has 0 radical (unpaired) electrons. The fourth-order valence-electron chi connectivity index (χ4n) is 1.75. The average Bonchev–Trinajstić information content (AvgIpc) is 2.46. The maximum atomic E-state index is 11.8. The lowest BCUT2D eigenvalue weighted by molar-refractivity contribution is 0.414. The van der Waals surface area contributed by atoms with Crippen LogP contribution in [0.3, 0.4) is 0 Å². The van der Waals surface area contributed by atoms with E-state index in [9.17, 15) is 8.42 Å². The van der Waals surface area contributed by atoms with Crippen molar-refractivity contribution < 1.29 is 8.42 Å². The Bertz CT molecular complexity index is 257. The van der Waals surface area contributed by atoms with Crippen molar-refractivity contribution >= 4 is 10.2 Å². The third-order valence-corrected chi connectivity index (χ3v) is 4.33. The van der Waals surface area contributed by atoms with Gasteiger partial charge in [-0.3, -0.25) is 0 Å². The van der Waals surface area contributed by atoms with Gasteiger partial charge in [0.1, 0.15) is 0 Å². The van der Waals surface area contributed by atoms with E-state index in [1.54, 1.807) is 4.31 Å². The average molecular weight is 234 g/mol. The van der Waals surface area contributed by atoms with Crippen molar-refractivity contribution in [2.45, 2.75) is 45.4 Å². The topological polar surface area (TPSA) is 49.4 Å². The van der Waals surface area contributed by atoms with Crippen LogP contribution < -0.4 is 4.72 Å². The van der Waals surface area contributed by atoms with E-state index < -0.39 is 10.2 Å². The zero-order valence-corrected chi connectivity index (χ0v) is 10.4. The van der Waals surface area contributed by atoms with E-state index in [0.29, 0.717) is 19.6 Å². The van der Waals surface area contributed by atoms with Gasteiger partial charge in [0.2, 0.25) is 0 Å². The maximum Gasteiger partial charge on any atom is 0.279 e. The molecule has 5 heteroatoms. The van der Waals surface area contributed by atoms with Crippen molar-refractivity contribution in [3.8, 4) is 0 Å². The summed E-state index contributed by atoms with van der Waals surface area (Å²) in [5, 5.41) is 0. The van der Waals surface area contributed by atoms with Crippen LogP contribution in [-0.4, -0.2) is 32.4 Å².